The fraction of sp³-hybridized carbons (Fsp3) is 1.00. The maximum absolute atomic E-state index is 7.15. The highest BCUT2D eigenvalue weighted by Crippen LogP contribution is 2.38. The van der Waals surface area contributed by atoms with Gasteiger partial charge in [-0.1, -0.05) is 0 Å². The normalized spacial score (nSPS) is 31.3. The average Bonchev–Trinajstić information content (AvgIpc) is 2.79. The van der Waals surface area contributed by atoms with Crippen LogP contribution < -0.4 is 22.9 Å². The molecule has 1 heterocycles. The van der Waals surface area contributed by atoms with Gasteiger partial charge in [0.05, 0.1) is 0 Å². The molecule has 8 nitrogen and oxygen atoms in total. The first kappa shape index (κ1) is 36.0. The molecule has 0 atom stereocenters. The molecule has 0 aromatic carbocycles. The van der Waals surface area contributed by atoms with E-state index in [1.165, 1.54) is 0 Å². The van der Waals surface area contributed by atoms with E-state index in [0.717, 1.165) is 70.2 Å². The molecule has 0 aliphatic carbocycles. The van der Waals surface area contributed by atoms with Gasteiger partial charge in [-0.3, -0.25) is 0 Å². The fourth-order valence-electron chi connectivity index (χ4n) is 4.09. The Morgan fingerprint density at radius 2 is 0.583 bits per heavy atom. The molecule has 0 radical (unpaired) electrons. The molecule has 36 heavy (non-hydrogen) atoms. The Kier molecular flexibility index (Phi) is 19.1. The summed E-state index contributed by atoms with van der Waals surface area (Å²) in [5.41, 5.74) is 22.9. The highest BCUT2D eigenvalue weighted by Gasteiger charge is 2.56. The van der Waals surface area contributed by atoms with Crippen molar-refractivity contribution in [3.8, 4) is 0 Å². The van der Waals surface area contributed by atoms with E-state index in [9.17, 15) is 0 Å². The van der Waals surface area contributed by atoms with Crippen LogP contribution in [0.25, 0.3) is 0 Å². The minimum absolute atomic E-state index is 0.693. The van der Waals surface area contributed by atoms with Gasteiger partial charge in [0.2, 0.25) is 0 Å². The molecule has 16 heteroatoms. The van der Waals surface area contributed by atoms with E-state index in [4.69, 9.17) is 39.4 Å². The van der Waals surface area contributed by atoms with Crippen molar-refractivity contribution in [1.82, 2.24) is 0 Å². The molecule has 0 aromatic rings. The second-order valence-electron chi connectivity index (χ2n) is 9.55. The van der Waals surface area contributed by atoms with Gasteiger partial charge in [-0.2, -0.15) is 47.0 Å². The van der Waals surface area contributed by atoms with Crippen LogP contribution in [0.4, 0.5) is 0 Å². The Hall–Kier alpha value is 1.95. The van der Waals surface area contributed by atoms with Gasteiger partial charge in [-0.05, 0) is 73.4 Å². The standard InChI is InChI=1S/C20H52N4O4S4Si4/c1-33(17-13-29-9-5-21)25-34(2,18-14-30-10-6-22)27-36(4,20-16-32-12-8-24)28-35(3,26-33)19-15-31-11-7-23/h5-24H2,1-4H3. The molecule has 0 aromatic heterocycles. The van der Waals surface area contributed by atoms with E-state index in [0.29, 0.717) is 26.2 Å². The van der Waals surface area contributed by atoms with Crippen LogP contribution in [0.5, 0.6) is 0 Å². The molecule has 0 unspecified atom stereocenters. The van der Waals surface area contributed by atoms with E-state index in [-0.39, 0.29) is 0 Å². The Morgan fingerprint density at radius 1 is 0.389 bits per heavy atom. The minimum Gasteiger partial charge on any atom is -0.416 e. The second-order valence-corrected chi connectivity index (χ2v) is 28.8. The van der Waals surface area contributed by atoms with E-state index in [1.54, 1.807) is 0 Å². The lowest BCUT2D eigenvalue weighted by Gasteiger charge is -2.50. The van der Waals surface area contributed by atoms with E-state index >= 15 is 0 Å². The smallest absolute Gasteiger partial charge is 0.318 e. The van der Waals surface area contributed by atoms with E-state index in [1.807, 2.05) is 47.0 Å². The van der Waals surface area contributed by atoms with Crippen molar-refractivity contribution in [2.24, 2.45) is 22.9 Å². The number of rotatable bonds is 20. The van der Waals surface area contributed by atoms with Crippen LogP contribution >= 0.6 is 47.0 Å². The molecule has 1 aliphatic rings. The number of nitrogens with two attached hydrogens (primary N) is 4. The molecule has 1 saturated heterocycles. The van der Waals surface area contributed by atoms with Gasteiger partial charge >= 0.3 is 34.2 Å². The Bertz CT molecular complexity index is 492. The quantitative estimate of drug-likeness (QED) is 0.113. The Balaban J connectivity index is 3.18. The molecule has 1 aliphatic heterocycles. The molecule has 216 valence electrons. The Labute approximate surface area is 241 Å². The highest BCUT2D eigenvalue weighted by atomic mass is 32.2. The van der Waals surface area contributed by atoms with Crippen LogP contribution in [-0.4, -0.2) is 106 Å². The molecule has 0 bridgehead atoms. The highest BCUT2D eigenvalue weighted by molar-refractivity contribution is 8.00. The zero-order valence-electron chi connectivity index (χ0n) is 22.9. The van der Waals surface area contributed by atoms with Crippen molar-refractivity contribution in [2.75, 3.05) is 72.2 Å². The minimum atomic E-state index is -2.54. The van der Waals surface area contributed by atoms with Crippen LogP contribution in [0.3, 0.4) is 0 Å². The molecule has 8 N–H and O–H groups in total. The zero-order chi connectivity index (χ0) is 27.0. The number of hydrogen-bond acceptors (Lipinski definition) is 12. The van der Waals surface area contributed by atoms with Crippen LogP contribution in [-0.2, 0) is 16.5 Å². The summed E-state index contributed by atoms with van der Waals surface area (Å²) in [5.74, 6) is 7.78. The molecular formula is C20H52N4O4S4Si4. The topological polar surface area (TPSA) is 141 Å². The summed E-state index contributed by atoms with van der Waals surface area (Å²) in [7, 11) is -10.2. The Morgan fingerprint density at radius 3 is 0.750 bits per heavy atom. The van der Waals surface area contributed by atoms with Crippen LogP contribution in [0.15, 0.2) is 0 Å². The lowest BCUT2D eigenvalue weighted by Crippen LogP contribution is -2.67. The number of thioether (sulfide) groups is 4. The summed E-state index contributed by atoms with van der Waals surface area (Å²) >= 11 is 7.52. The SMILES string of the molecule is C[Si]1(CCSCCN)O[Si](C)(CCSCCN)O[Si](C)(CCSCCN)O[Si](C)(CCSCCN)O1. The second kappa shape index (κ2) is 19.1. The first-order valence-corrected chi connectivity index (χ1v) is 27.7. The third kappa shape index (κ3) is 15.1. The molecule has 1 rings (SSSR count). The maximum Gasteiger partial charge on any atom is 0.318 e. The van der Waals surface area contributed by atoms with Crippen molar-refractivity contribution in [1.29, 1.82) is 0 Å². The van der Waals surface area contributed by atoms with Crippen molar-refractivity contribution < 1.29 is 16.5 Å². The summed E-state index contributed by atoms with van der Waals surface area (Å²) in [5, 5.41) is 0. The van der Waals surface area contributed by atoms with Crippen molar-refractivity contribution in [3.63, 3.8) is 0 Å². The van der Waals surface area contributed by atoms with Crippen molar-refractivity contribution in [3.05, 3.63) is 0 Å². The largest absolute Gasteiger partial charge is 0.416 e. The van der Waals surface area contributed by atoms with Crippen LogP contribution in [0, 0.1) is 0 Å². The van der Waals surface area contributed by atoms with Gasteiger partial charge in [0, 0.05) is 49.2 Å². The summed E-state index contributed by atoms with van der Waals surface area (Å²) in [6.45, 7) is 11.7. The van der Waals surface area contributed by atoms with Crippen molar-refractivity contribution >= 4 is 81.3 Å². The summed E-state index contributed by atoms with van der Waals surface area (Å²) in [6.07, 6.45) is 0. The van der Waals surface area contributed by atoms with Crippen LogP contribution in [0.2, 0.25) is 50.4 Å². The molecule has 0 saturated carbocycles. The molecule has 1 fully saturated rings. The zero-order valence-corrected chi connectivity index (χ0v) is 30.2. The van der Waals surface area contributed by atoms with Gasteiger partial charge in [-0.25, -0.2) is 0 Å². The lowest BCUT2D eigenvalue weighted by molar-refractivity contribution is 0.226. The van der Waals surface area contributed by atoms with Crippen molar-refractivity contribution in [2.45, 2.75) is 50.4 Å². The van der Waals surface area contributed by atoms with E-state index < -0.39 is 34.2 Å². The van der Waals surface area contributed by atoms with E-state index in [2.05, 4.69) is 26.2 Å². The first-order chi connectivity index (χ1) is 17.1. The molecular weight excluding hydrogens is 601 g/mol. The van der Waals surface area contributed by atoms with Gasteiger partial charge in [-0.15, -0.1) is 0 Å². The summed E-state index contributed by atoms with van der Waals surface area (Å²) < 4.78 is 28.6. The predicted octanol–water partition coefficient (Wildman–Crippen LogP) is 3.12. The van der Waals surface area contributed by atoms with Gasteiger partial charge in [0.15, 0.2) is 0 Å². The first-order valence-electron chi connectivity index (χ1n) is 13.0. The van der Waals surface area contributed by atoms with Gasteiger partial charge < -0.3 is 39.4 Å². The summed E-state index contributed by atoms with van der Waals surface area (Å²) in [6, 6.07) is 3.69. The monoisotopic (exact) mass is 652 g/mol. The third-order valence-electron chi connectivity index (χ3n) is 5.58. The third-order valence-corrected chi connectivity index (χ3v) is 29.5. The number of hydrogen-bond donors (Lipinski definition) is 4. The van der Waals surface area contributed by atoms with Crippen LogP contribution in [0.1, 0.15) is 0 Å². The fourth-order valence-corrected chi connectivity index (χ4v) is 33.9. The van der Waals surface area contributed by atoms with Gasteiger partial charge in [0.1, 0.15) is 0 Å². The average molecular weight is 653 g/mol. The lowest BCUT2D eigenvalue weighted by atomic mass is 10.8. The summed E-state index contributed by atoms with van der Waals surface area (Å²) in [4.78, 5) is 0. The predicted molar refractivity (Wildman–Crippen MR) is 176 cm³/mol. The molecule has 0 amide bonds. The molecule has 0 spiro atoms. The maximum atomic E-state index is 7.15. The van der Waals surface area contributed by atoms with Gasteiger partial charge in [0.25, 0.3) is 0 Å².